The summed E-state index contributed by atoms with van der Waals surface area (Å²) in [5, 5.41) is 12.4. The van der Waals surface area contributed by atoms with Crippen LogP contribution in [0.15, 0.2) is 35.3 Å². The van der Waals surface area contributed by atoms with E-state index >= 15 is 0 Å². The van der Waals surface area contributed by atoms with Crippen molar-refractivity contribution in [2.24, 2.45) is 16.5 Å². The fourth-order valence-corrected chi connectivity index (χ4v) is 3.12. The van der Waals surface area contributed by atoms with Gasteiger partial charge in [-0.3, -0.25) is 29.0 Å². The summed E-state index contributed by atoms with van der Waals surface area (Å²) in [5.74, 6) is -3.08. The first kappa shape index (κ1) is 26.1. The van der Waals surface area contributed by atoms with Crippen molar-refractivity contribution in [3.63, 3.8) is 0 Å². The highest BCUT2D eigenvalue weighted by Gasteiger charge is 2.27. The molecule has 0 radical (unpaired) electrons. The summed E-state index contributed by atoms with van der Waals surface area (Å²) in [6.07, 6.45) is 0.716. The van der Waals surface area contributed by atoms with Gasteiger partial charge in [0.15, 0.2) is 5.96 Å². The molecule has 1 heterocycles. The van der Waals surface area contributed by atoms with Crippen LogP contribution in [0.25, 0.3) is 0 Å². The zero-order chi connectivity index (χ0) is 24.9. The molecule has 2 atom stereocenters. The van der Waals surface area contributed by atoms with E-state index in [-0.39, 0.29) is 38.4 Å². The molecular formula is C21H30N8O5. The van der Waals surface area contributed by atoms with Crippen LogP contribution in [0.4, 0.5) is 0 Å². The van der Waals surface area contributed by atoms with Gasteiger partial charge in [0.05, 0.1) is 19.6 Å². The summed E-state index contributed by atoms with van der Waals surface area (Å²) in [5.41, 5.74) is 11.4. The van der Waals surface area contributed by atoms with Gasteiger partial charge in [0.1, 0.15) is 12.1 Å². The average Bonchev–Trinajstić information content (AvgIpc) is 2.81. The van der Waals surface area contributed by atoms with Crippen molar-refractivity contribution in [3.05, 3.63) is 35.9 Å². The van der Waals surface area contributed by atoms with Crippen LogP contribution in [0.5, 0.6) is 0 Å². The number of nitrogens with zero attached hydrogens (tertiary/aromatic N) is 1. The van der Waals surface area contributed by atoms with Crippen LogP contribution in [0.2, 0.25) is 0 Å². The van der Waals surface area contributed by atoms with E-state index in [1.54, 1.807) is 24.3 Å². The number of hydrogen-bond donors (Lipinski definition) is 7. The van der Waals surface area contributed by atoms with E-state index in [0.717, 1.165) is 5.56 Å². The number of hydrogen-bond acceptors (Lipinski definition) is 6. The molecule has 34 heavy (non-hydrogen) atoms. The zero-order valence-corrected chi connectivity index (χ0v) is 18.6. The Hall–Kier alpha value is -4.16. The minimum Gasteiger partial charge on any atom is -0.370 e. The smallest absolute Gasteiger partial charge is 0.243 e. The first-order valence-electron chi connectivity index (χ1n) is 10.7. The fraction of sp³-hybridized carbons (Fsp3) is 0.429. The van der Waals surface area contributed by atoms with Crippen LogP contribution in [-0.4, -0.2) is 73.8 Å². The van der Waals surface area contributed by atoms with Crippen LogP contribution in [0.3, 0.4) is 0 Å². The van der Waals surface area contributed by atoms with Gasteiger partial charge in [-0.25, -0.2) is 0 Å². The van der Waals surface area contributed by atoms with Gasteiger partial charge in [-0.15, -0.1) is 0 Å². The Bertz CT molecular complexity index is 917. The number of rotatable bonds is 6. The maximum atomic E-state index is 13.0. The second-order valence-corrected chi connectivity index (χ2v) is 7.59. The molecule has 0 spiro atoms. The van der Waals surface area contributed by atoms with Gasteiger partial charge in [0.2, 0.25) is 29.5 Å². The molecule has 5 amide bonds. The molecule has 2 rings (SSSR count). The van der Waals surface area contributed by atoms with Gasteiger partial charge in [-0.05, 0) is 18.4 Å². The third-order valence-electron chi connectivity index (χ3n) is 4.83. The third-order valence-corrected chi connectivity index (χ3v) is 4.83. The topological polar surface area (TPSA) is 210 Å². The lowest BCUT2D eigenvalue weighted by atomic mass is 10.0. The minimum atomic E-state index is -1.01. The lowest BCUT2D eigenvalue weighted by Gasteiger charge is -2.23. The lowest BCUT2D eigenvalue weighted by molar-refractivity contribution is -0.132. The number of guanidine groups is 1. The third kappa shape index (κ3) is 9.54. The zero-order valence-electron chi connectivity index (χ0n) is 18.6. The van der Waals surface area contributed by atoms with Crippen molar-refractivity contribution in [1.29, 1.82) is 0 Å². The lowest BCUT2D eigenvalue weighted by Crippen LogP contribution is -2.55. The Kier molecular flexibility index (Phi) is 10.3. The number of benzene rings is 1. The van der Waals surface area contributed by atoms with Crippen LogP contribution < -0.4 is 38.1 Å². The Balaban J connectivity index is 2.22. The molecule has 0 aliphatic carbocycles. The number of carbonyl (C=O) groups excluding carboxylic acids is 5. The molecule has 9 N–H and O–H groups in total. The molecule has 1 unspecified atom stereocenters. The van der Waals surface area contributed by atoms with Crippen LogP contribution in [0.1, 0.15) is 18.4 Å². The summed E-state index contributed by atoms with van der Waals surface area (Å²) < 4.78 is 0. The first-order valence-corrected chi connectivity index (χ1v) is 10.7. The number of amides is 5. The van der Waals surface area contributed by atoms with E-state index < -0.39 is 48.2 Å². The normalized spacial score (nSPS) is 20.4. The monoisotopic (exact) mass is 474 g/mol. The van der Waals surface area contributed by atoms with E-state index in [9.17, 15) is 24.0 Å². The van der Waals surface area contributed by atoms with Gasteiger partial charge in [-0.1, -0.05) is 30.3 Å². The number of nitrogens with one attached hydrogen (secondary N) is 5. The molecule has 13 heteroatoms. The van der Waals surface area contributed by atoms with Gasteiger partial charge >= 0.3 is 0 Å². The van der Waals surface area contributed by atoms with Gasteiger partial charge in [0, 0.05) is 13.0 Å². The Morgan fingerprint density at radius 1 is 0.794 bits per heavy atom. The van der Waals surface area contributed by atoms with Crippen molar-refractivity contribution in [2.45, 2.75) is 31.3 Å². The molecule has 1 aliphatic rings. The number of carbonyl (C=O) groups is 5. The Morgan fingerprint density at radius 3 is 2.06 bits per heavy atom. The fourth-order valence-electron chi connectivity index (χ4n) is 3.12. The molecule has 0 aromatic heterocycles. The van der Waals surface area contributed by atoms with Gasteiger partial charge < -0.3 is 38.1 Å². The minimum absolute atomic E-state index is 0.0963. The SMILES string of the molecule is NC(N)=NCCCC1NC(=O)CNC(=O)CNC(=O)CNC(=O)[C@@H](Cc2ccccc2)NC1=O. The van der Waals surface area contributed by atoms with Crippen molar-refractivity contribution in [2.75, 3.05) is 26.2 Å². The maximum absolute atomic E-state index is 13.0. The molecular weight excluding hydrogens is 444 g/mol. The molecule has 1 aromatic rings. The predicted octanol–water partition coefficient (Wildman–Crippen LogP) is -3.39. The first-order chi connectivity index (χ1) is 16.2. The standard InChI is InChI=1S/C21H30N8O5/c22-21(23)24-8-4-7-14-20(34)29-15(9-13-5-2-1-3-6-13)19(33)27-11-17(31)25-10-16(30)26-12-18(32)28-14/h1-3,5-6,14-15H,4,7-12H2,(H,25,31)(H,26,30)(H,27,33)(H,28,32)(H,29,34)(H4,22,23,24)/t14?,15-/m1/s1. The highest BCUT2D eigenvalue weighted by atomic mass is 16.2. The van der Waals surface area contributed by atoms with Crippen LogP contribution >= 0.6 is 0 Å². The highest BCUT2D eigenvalue weighted by Crippen LogP contribution is 2.06. The summed E-state index contributed by atoms with van der Waals surface area (Å²) in [6.45, 7) is -0.904. The quantitative estimate of drug-likeness (QED) is 0.126. The molecule has 1 fully saturated rings. The van der Waals surface area contributed by atoms with Gasteiger partial charge in [-0.2, -0.15) is 0 Å². The van der Waals surface area contributed by atoms with Crippen molar-refractivity contribution < 1.29 is 24.0 Å². The highest BCUT2D eigenvalue weighted by molar-refractivity contribution is 5.95. The van der Waals surface area contributed by atoms with E-state index in [0.29, 0.717) is 6.42 Å². The Morgan fingerprint density at radius 2 is 1.41 bits per heavy atom. The summed E-state index contributed by atoms with van der Waals surface area (Å²) in [6, 6.07) is 7.00. The van der Waals surface area contributed by atoms with Crippen LogP contribution in [0, 0.1) is 0 Å². The number of aliphatic imine (C=N–C) groups is 1. The summed E-state index contributed by atoms with van der Waals surface area (Å²) in [7, 11) is 0. The molecule has 184 valence electrons. The van der Waals surface area contributed by atoms with Gasteiger partial charge in [0.25, 0.3) is 0 Å². The van der Waals surface area contributed by atoms with E-state index in [1.165, 1.54) is 0 Å². The molecule has 1 aliphatic heterocycles. The average molecular weight is 475 g/mol. The largest absolute Gasteiger partial charge is 0.370 e. The second-order valence-electron chi connectivity index (χ2n) is 7.59. The molecule has 13 nitrogen and oxygen atoms in total. The van der Waals surface area contributed by atoms with E-state index in [2.05, 4.69) is 31.6 Å². The van der Waals surface area contributed by atoms with E-state index in [1.807, 2.05) is 6.07 Å². The molecule has 0 saturated carbocycles. The van der Waals surface area contributed by atoms with Crippen molar-refractivity contribution in [3.8, 4) is 0 Å². The van der Waals surface area contributed by atoms with E-state index in [4.69, 9.17) is 11.5 Å². The second kappa shape index (κ2) is 13.4. The Labute approximate surface area is 196 Å². The predicted molar refractivity (Wildman–Crippen MR) is 123 cm³/mol. The maximum Gasteiger partial charge on any atom is 0.243 e. The van der Waals surface area contributed by atoms with Crippen LogP contribution in [-0.2, 0) is 30.4 Å². The molecule has 1 aromatic carbocycles. The number of nitrogens with two attached hydrogens (primary N) is 2. The summed E-state index contributed by atoms with van der Waals surface area (Å²) in [4.78, 5) is 65.8. The summed E-state index contributed by atoms with van der Waals surface area (Å²) >= 11 is 0. The van der Waals surface area contributed by atoms with Crippen molar-refractivity contribution in [1.82, 2.24) is 26.6 Å². The van der Waals surface area contributed by atoms with Crippen molar-refractivity contribution >= 4 is 35.5 Å². The molecule has 0 bridgehead atoms. The molecule has 1 saturated heterocycles.